The molecule has 11 nitrogen and oxygen atoms in total. The first-order valence-electron chi connectivity index (χ1n) is 9.40. The van der Waals surface area contributed by atoms with Crippen molar-refractivity contribution < 1.29 is 29.4 Å². The third-order valence-electron chi connectivity index (χ3n) is 4.55. The quantitative estimate of drug-likeness (QED) is 0.184. The average Bonchev–Trinajstić information content (AvgIpc) is 3.17. The highest BCUT2D eigenvalue weighted by Crippen LogP contribution is 2.19. The number of amides is 3. The van der Waals surface area contributed by atoms with Gasteiger partial charge in [0.15, 0.2) is 0 Å². The summed E-state index contributed by atoms with van der Waals surface area (Å²) in [5, 5.41) is 26.5. The van der Waals surface area contributed by atoms with Gasteiger partial charge in [-0.1, -0.05) is 18.2 Å². The van der Waals surface area contributed by atoms with Gasteiger partial charge in [0.05, 0.1) is 13.2 Å². The molecule has 12 heteroatoms. The fraction of sp³-hybridized carbons (Fsp3) is 0.368. The molecule has 2 aromatic rings. The number of benzene rings is 1. The van der Waals surface area contributed by atoms with Crippen LogP contribution in [0.25, 0.3) is 10.9 Å². The summed E-state index contributed by atoms with van der Waals surface area (Å²) in [6, 6.07) is 3.57. The lowest BCUT2D eigenvalue weighted by Gasteiger charge is -2.23. The van der Waals surface area contributed by atoms with Gasteiger partial charge in [0.1, 0.15) is 18.1 Å². The van der Waals surface area contributed by atoms with E-state index in [-0.39, 0.29) is 18.7 Å². The number of hydrogen-bond acceptors (Lipinski definition) is 7. The first-order valence-corrected chi connectivity index (χ1v) is 10.0. The maximum Gasteiger partial charge on any atom is 0.327 e. The largest absolute Gasteiger partial charge is 0.480 e. The van der Waals surface area contributed by atoms with Crippen LogP contribution in [0.4, 0.5) is 0 Å². The van der Waals surface area contributed by atoms with Crippen molar-refractivity contribution in [1.82, 2.24) is 20.9 Å². The number of carboxylic acid groups (broad SMARTS) is 1. The molecule has 1 aromatic carbocycles. The number of aliphatic carboxylic acids is 1. The second-order valence-corrected chi connectivity index (χ2v) is 7.08. The summed E-state index contributed by atoms with van der Waals surface area (Å²) >= 11 is 3.92. The molecule has 0 radical (unpaired) electrons. The molecule has 168 valence electrons. The SMILES string of the molecule is NCC(=O)NC(CO)C(=O)NC(Cc1c[nH]c2ccccc12)C(=O)NC(CS)C(=O)O. The molecule has 0 bridgehead atoms. The number of fused-ring (bicyclic) bond motifs is 1. The van der Waals surface area contributed by atoms with Crippen molar-refractivity contribution in [2.45, 2.75) is 24.5 Å². The molecular formula is C19H25N5O6S. The fourth-order valence-corrected chi connectivity index (χ4v) is 3.15. The van der Waals surface area contributed by atoms with Crippen LogP contribution in [0.3, 0.4) is 0 Å². The van der Waals surface area contributed by atoms with Gasteiger partial charge >= 0.3 is 5.97 Å². The summed E-state index contributed by atoms with van der Waals surface area (Å²) < 4.78 is 0. The maximum absolute atomic E-state index is 12.8. The van der Waals surface area contributed by atoms with Crippen LogP contribution >= 0.6 is 12.6 Å². The van der Waals surface area contributed by atoms with Crippen molar-refractivity contribution in [2.24, 2.45) is 5.73 Å². The van der Waals surface area contributed by atoms with Crippen molar-refractivity contribution in [3.05, 3.63) is 36.0 Å². The van der Waals surface area contributed by atoms with E-state index in [1.54, 1.807) is 6.20 Å². The number of aliphatic hydroxyl groups excluding tert-OH is 1. The summed E-state index contributed by atoms with van der Waals surface area (Å²) in [5.41, 5.74) is 6.74. The van der Waals surface area contributed by atoms with Crippen molar-refractivity contribution in [3.63, 3.8) is 0 Å². The van der Waals surface area contributed by atoms with Crippen LogP contribution in [-0.4, -0.2) is 75.9 Å². The predicted molar refractivity (Wildman–Crippen MR) is 115 cm³/mol. The molecule has 3 amide bonds. The van der Waals surface area contributed by atoms with E-state index in [0.29, 0.717) is 5.56 Å². The van der Waals surface area contributed by atoms with E-state index < -0.39 is 48.4 Å². The standard InChI is InChI=1S/C19H25N5O6S/c20-6-16(26)22-14(8-25)18(28)23-13(17(27)24-15(9-31)19(29)30)5-10-7-21-12-4-2-1-3-11(10)12/h1-4,7,13-15,21,25,31H,5-6,8-9,20H2,(H,22,26)(H,23,28)(H,24,27)(H,29,30). The second kappa shape index (κ2) is 11.3. The monoisotopic (exact) mass is 451 g/mol. The summed E-state index contributed by atoms with van der Waals surface area (Å²) in [4.78, 5) is 51.2. The Morgan fingerprint density at radius 2 is 1.68 bits per heavy atom. The van der Waals surface area contributed by atoms with Crippen molar-refractivity contribution in [1.29, 1.82) is 0 Å². The second-order valence-electron chi connectivity index (χ2n) is 6.71. The topological polar surface area (TPSA) is 187 Å². The Morgan fingerprint density at radius 1 is 1.03 bits per heavy atom. The average molecular weight is 452 g/mol. The van der Waals surface area contributed by atoms with Gasteiger partial charge in [-0.05, 0) is 11.6 Å². The summed E-state index contributed by atoms with van der Waals surface area (Å²) in [6.45, 7) is -1.10. The highest BCUT2D eigenvalue weighted by atomic mass is 32.1. The van der Waals surface area contributed by atoms with E-state index in [2.05, 4.69) is 33.6 Å². The van der Waals surface area contributed by atoms with Crippen molar-refractivity contribution in [3.8, 4) is 0 Å². The van der Waals surface area contributed by atoms with Crippen LogP contribution in [0, 0.1) is 0 Å². The molecule has 2 rings (SSSR count). The van der Waals surface area contributed by atoms with Crippen LogP contribution in [-0.2, 0) is 25.6 Å². The van der Waals surface area contributed by atoms with Crippen LogP contribution in [0.2, 0.25) is 0 Å². The van der Waals surface area contributed by atoms with E-state index in [9.17, 15) is 29.4 Å². The van der Waals surface area contributed by atoms with Gasteiger partial charge in [0, 0.05) is 29.3 Å². The minimum atomic E-state index is -1.32. The predicted octanol–water partition coefficient (Wildman–Crippen LogP) is -1.87. The number of aliphatic hydroxyl groups is 1. The minimum absolute atomic E-state index is 0.0312. The van der Waals surface area contributed by atoms with Gasteiger partial charge in [-0.3, -0.25) is 14.4 Å². The highest BCUT2D eigenvalue weighted by Gasteiger charge is 2.29. The molecule has 3 unspecified atom stereocenters. The lowest BCUT2D eigenvalue weighted by molar-refractivity contribution is -0.141. The molecule has 0 aliphatic rings. The van der Waals surface area contributed by atoms with Crippen molar-refractivity contribution >= 4 is 47.2 Å². The molecule has 0 saturated heterocycles. The molecule has 0 aliphatic carbocycles. The van der Waals surface area contributed by atoms with E-state index in [4.69, 9.17) is 5.73 Å². The zero-order chi connectivity index (χ0) is 23.0. The number of nitrogens with two attached hydrogens (primary N) is 1. The van der Waals surface area contributed by atoms with Crippen LogP contribution in [0.15, 0.2) is 30.5 Å². The molecule has 0 aliphatic heterocycles. The number of nitrogens with one attached hydrogen (secondary N) is 4. The van der Waals surface area contributed by atoms with Gasteiger partial charge in [-0.15, -0.1) is 0 Å². The van der Waals surface area contributed by atoms with E-state index >= 15 is 0 Å². The Balaban J connectivity index is 2.26. The molecule has 3 atom stereocenters. The number of rotatable bonds is 11. The molecule has 1 heterocycles. The Hall–Kier alpha value is -3.09. The zero-order valence-corrected chi connectivity index (χ0v) is 17.4. The molecular weight excluding hydrogens is 426 g/mol. The summed E-state index contributed by atoms with van der Waals surface area (Å²) in [6.07, 6.45) is 1.72. The van der Waals surface area contributed by atoms with E-state index in [1.165, 1.54) is 0 Å². The number of aromatic amines is 1. The molecule has 1 aromatic heterocycles. The van der Waals surface area contributed by atoms with Crippen LogP contribution < -0.4 is 21.7 Å². The van der Waals surface area contributed by atoms with E-state index in [1.807, 2.05) is 24.3 Å². The van der Waals surface area contributed by atoms with Crippen LogP contribution in [0.1, 0.15) is 5.56 Å². The first kappa shape index (κ1) is 24.2. The zero-order valence-electron chi connectivity index (χ0n) is 16.5. The fourth-order valence-electron chi connectivity index (χ4n) is 2.91. The number of H-pyrrole nitrogens is 1. The molecule has 0 saturated carbocycles. The molecule has 0 fully saturated rings. The number of hydrogen-bond donors (Lipinski definition) is 8. The number of aromatic nitrogens is 1. The highest BCUT2D eigenvalue weighted by molar-refractivity contribution is 7.80. The van der Waals surface area contributed by atoms with E-state index in [0.717, 1.165) is 10.9 Å². The van der Waals surface area contributed by atoms with Gasteiger partial charge in [-0.25, -0.2) is 4.79 Å². The lowest BCUT2D eigenvalue weighted by Crippen LogP contribution is -2.57. The van der Waals surface area contributed by atoms with Crippen molar-refractivity contribution in [2.75, 3.05) is 18.9 Å². The van der Waals surface area contributed by atoms with Gasteiger partial charge < -0.3 is 36.9 Å². The van der Waals surface area contributed by atoms with Crippen LogP contribution in [0.5, 0.6) is 0 Å². The summed E-state index contributed by atoms with van der Waals surface area (Å²) in [5.74, 6) is -3.65. The molecule has 0 spiro atoms. The molecule has 31 heavy (non-hydrogen) atoms. The smallest absolute Gasteiger partial charge is 0.327 e. The Morgan fingerprint density at radius 3 is 2.29 bits per heavy atom. The third kappa shape index (κ3) is 6.44. The summed E-state index contributed by atoms with van der Waals surface area (Å²) in [7, 11) is 0. The molecule has 8 N–H and O–H groups in total. The van der Waals surface area contributed by atoms with Gasteiger partial charge in [0.2, 0.25) is 17.7 Å². The van der Waals surface area contributed by atoms with Gasteiger partial charge in [0.25, 0.3) is 0 Å². The minimum Gasteiger partial charge on any atom is -0.480 e. The number of para-hydroxylation sites is 1. The Kier molecular flexibility index (Phi) is 8.85. The maximum atomic E-state index is 12.8. The number of carbonyl (C=O) groups is 4. The third-order valence-corrected chi connectivity index (χ3v) is 4.91. The Labute approximate surface area is 183 Å². The number of carboxylic acids is 1. The Bertz CT molecular complexity index is 949. The first-order chi connectivity index (χ1) is 14.8. The lowest BCUT2D eigenvalue weighted by atomic mass is 10.0. The number of carbonyl (C=O) groups excluding carboxylic acids is 3. The normalized spacial score (nSPS) is 13.8. The number of thiol groups is 1. The van der Waals surface area contributed by atoms with Gasteiger partial charge in [-0.2, -0.15) is 12.6 Å².